The van der Waals surface area contributed by atoms with Gasteiger partial charge in [-0.15, -0.1) is 0 Å². The lowest BCUT2D eigenvalue weighted by Gasteiger charge is -2.28. The third-order valence-corrected chi connectivity index (χ3v) is 2.77. The molecule has 0 heterocycles. The van der Waals surface area contributed by atoms with Crippen molar-refractivity contribution >= 4 is 0 Å². The van der Waals surface area contributed by atoms with Gasteiger partial charge in [-0.05, 0) is 43.5 Å². The van der Waals surface area contributed by atoms with Crippen LogP contribution in [-0.2, 0) is 0 Å². The topological polar surface area (TPSA) is 29.5 Å². The second-order valence-corrected chi connectivity index (χ2v) is 3.96. The van der Waals surface area contributed by atoms with Gasteiger partial charge in [0.2, 0.25) is 0 Å². The number of hydrogen-bond donors (Lipinski definition) is 1. The van der Waals surface area contributed by atoms with Crippen LogP contribution < -0.4 is 4.74 Å². The summed E-state index contributed by atoms with van der Waals surface area (Å²) < 4.78 is 18.2. The maximum atomic E-state index is 12.6. The largest absolute Gasteiger partial charge is 0.488 e. The molecule has 0 aromatic heterocycles. The summed E-state index contributed by atoms with van der Waals surface area (Å²) in [5, 5.41) is 9.69. The molecule has 0 amide bonds. The van der Waals surface area contributed by atoms with Gasteiger partial charge in [-0.1, -0.05) is 6.42 Å². The Kier molecular flexibility index (Phi) is 3.21. The number of aliphatic hydroxyl groups is 1. The predicted molar refractivity (Wildman–Crippen MR) is 55.3 cm³/mol. The highest BCUT2D eigenvalue weighted by atomic mass is 19.1. The Morgan fingerprint density at radius 3 is 2.47 bits per heavy atom. The Bertz CT molecular complexity index is 310. The van der Waals surface area contributed by atoms with E-state index in [0.717, 1.165) is 25.7 Å². The first-order valence-corrected chi connectivity index (χ1v) is 5.36. The van der Waals surface area contributed by atoms with E-state index in [1.807, 2.05) is 0 Å². The van der Waals surface area contributed by atoms with Gasteiger partial charge in [0.1, 0.15) is 17.7 Å². The van der Waals surface area contributed by atoms with E-state index in [4.69, 9.17) is 4.74 Å². The van der Waals surface area contributed by atoms with Gasteiger partial charge in [0, 0.05) is 0 Å². The molecule has 0 aliphatic heterocycles. The summed E-state index contributed by atoms with van der Waals surface area (Å²) in [5.41, 5.74) is 0. The zero-order chi connectivity index (χ0) is 10.7. The van der Waals surface area contributed by atoms with Crippen LogP contribution in [0.25, 0.3) is 0 Å². The van der Waals surface area contributed by atoms with Crippen LogP contribution in [0.3, 0.4) is 0 Å². The van der Waals surface area contributed by atoms with E-state index in [1.165, 1.54) is 12.1 Å². The summed E-state index contributed by atoms with van der Waals surface area (Å²) in [6, 6.07) is 5.92. The average Bonchev–Trinajstić information content (AvgIpc) is 2.25. The van der Waals surface area contributed by atoms with E-state index in [2.05, 4.69) is 0 Å². The fraction of sp³-hybridized carbons (Fsp3) is 0.500. The zero-order valence-corrected chi connectivity index (χ0v) is 8.53. The number of ether oxygens (including phenoxy) is 1. The van der Waals surface area contributed by atoms with Crippen LogP contribution in [0.2, 0.25) is 0 Å². The third-order valence-electron chi connectivity index (χ3n) is 2.77. The molecular formula is C12H15FO2. The molecule has 1 aromatic carbocycles. The van der Waals surface area contributed by atoms with Crippen molar-refractivity contribution < 1.29 is 14.2 Å². The molecule has 3 heteroatoms. The first kappa shape index (κ1) is 10.4. The SMILES string of the molecule is O[C@@H]1CCCC[C@H]1Oc1ccc(F)cc1. The summed E-state index contributed by atoms with van der Waals surface area (Å²) >= 11 is 0. The summed E-state index contributed by atoms with van der Waals surface area (Å²) in [7, 11) is 0. The fourth-order valence-electron chi connectivity index (χ4n) is 1.90. The molecular weight excluding hydrogens is 195 g/mol. The minimum atomic E-state index is -0.385. The summed E-state index contributed by atoms with van der Waals surface area (Å²) in [4.78, 5) is 0. The molecule has 0 bridgehead atoms. The number of halogens is 1. The third kappa shape index (κ3) is 2.69. The normalized spacial score (nSPS) is 26.3. The second-order valence-electron chi connectivity index (χ2n) is 3.96. The Labute approximate surface area is 88.7 Å². The standard InChI is InChI=1S/C12H15FO2/c13-9-5-7-10(8-6-9)15-12-4-2-1-3-11(12)14/h5-8,11-12,14H,1-4H2/t11-,12-/m1/s1. The maximum Gasteiger partial charge on any atom is 0.124 e. The summed E-state index contributed by atoms with van der Waals surface area (Å²) in [6.07, 6.45) is 3.30. The van der Waals surface area contributed by atoms with Crippen molar-refractivity contribution in [3.63, 3.8) is 0 Å². The van der Waals surface area contributed by atoms with Gasteiger partial charge < -0.3 is 9.84 Å². The molecule has 0 radical (unpaired) electrons. The monoisotopic (exact) mass is 210 g/mol. The number of benzene rings is 1. The quantitative estimate of drug-likeness (QED) is 0.812. The number of aliphatic hydroxyl groups excluding tert-OH is 1. The first-order chi connectivity index (χ1) is 7.25. The molecule has 0 spiro atoms. The van der Waals surface area contributed by atoms with E-state index in [-0.39, 0.29) is 18.0 Å². The van der Waals surface area contributed by atoms with Crippen molar-refractivity contribution in [3.8, 4) is 5.75 Å². The van der Waals surface area contributed by atoms with Gasteiger partial charge in [-0.3, -0.25) is 0 Å². The Balaban J connectivity index is 1.98. The molecule has 1 N–H and O–H groups in total. The van der Waals surface area contributed by atoms with Gasteiger partial charge in [-0.2, -0.15) is 0 Å². The predicted octanol–water partition coefficient (Wildman–Crippen LogP) is 2.51. The molecule has 1 fully saturated rings. The van der Waals surface area contributed by atoms with Crippen molar-refractivity contribution in [2.45, 2.75) is 37.9 Å². The second kappa shape index (κ2) is 4.62. The minimum absolute atomic E-state index is 0.135. The van der Waals surface area contributed by atoms with E-state index in [0.29, 0.717) is 5.75 Å². The first-order valence-electron chi connectivity index (χ1n) is 5.36. The molecule has 0 unspecified atom stereocenters. The van der Waals surface area contributed by atoms with Crippen LogP contribution in [0.5, 0.6) is 5.75 Å². The molecule has 15 heavy (non-hydrogen) atoms. The molecule has 1 aromatic rings. The summed E-state index contributed by atoms with van der Waals surface area (Å²) in [6.45, 7) is 0. The van der Waals surface area contributed by atoms with Crippen molar-refractivity contribution in [3.05, 3.63) is 30.1 Å². The Hall–Kier alpha value is -1.09. The van der Waals surface area contributed by atoms with Crippen LogP contribution >= 0.6 is 0 Å². The van der Waals surface area contributed by atoms with Gasteiger partial charge in [0.15, 0.2) is 0 Å². The van der Waals surface area contributed by atoms with Crippen molar-refractivity contribution in [1.82, 2.24) is 0 Å². The van der Waals surface area contributed by atoms with Crippen molar-refractivity contribution in [2.24, 2.45) is 0 Å². The smallest absolute Gasteiger partial charge is 0.124 e. The fourth-order valence-corrected chi connectivity index (χ4v) is 1.90. The van der Waals surface area contributed by atoms with E-state index < -0.39 is 0 Å². The van der Waals surface area contributed by atoms with E-state index in [9.17, 15) is 9.50 Å². The lowest BCUT2D eigenvalue weighted by atomic mass is 9.95. The lowest BCUT2D eigenvalue weighted by Crippen LogP contribution is -2.34. The van der Waals surface area contributed by atoms with Gasteiger partial charge >= 0.3 is 0 Å². The van der Waals surface area contributed by atoms with Crippen LogP contribution in [-0.4, -0.2) is 17.3 Å². The van der Waals surface area contributed by atoms with Crippen LogP contribution in [0.1, 0.15) is 25.7 Å². The molecule has 82 valence electrons. The molecule has 1 saturated carbocycles. The molecule has 2 nitrogen and oxygen atoms in total. The van der Waals surface area contributed by atoms with Gasteiger partial charge in [-0.25, -0.2) is 4.39 Å². The van der Waals surface area contributed by atoms with Gasteiger partial charge in [0.25, 0.3) is 0 Å². The van der Waals surface area contributed by atoms with Crippen LogP contribution in [0.15, 0.2) is 24.3 Å². The minimum Gasteiger partial charge on any atom is -0.488 e. The van der Waals surface area contributed by atoms with Gasteiger partial charge in [0.05, 0.1) is 6.10 Å². The number of hydrogen-bond acceptors (Lipinski definition) is 2. The van der Waals surface area contributed by atoms with E-state index >= 15 is 0 Å². The lowest BCUT2D eigenvalue weighted by molar-refractivity contribution is 0.00684. The Morgan fingerprint density at radius 1 is 1.13 bits per heavy atom. The number of rotatable bonds is 2. The molecule has 0 saturated heterocycles. The zero-order valence-electron chi connectivity index (χ0n) is 8.53. The van der Waals surface area contributed by atoms with Crippen LogP contribution in [0.4, 0.5) is 4.39 Å². The van der Waals surface area contributed by atoms with E-state index in [1.54, 1.807) is 12.1 Å². The highest BCUT2D eigenvalue weighted by molar-refractivity contribution is 5.22. The van der Waals surface area contributed by atoms with Crippen molar-refractivity contribution in [2.75, 3.05) is 0 Å². The molecule has 2 rings (SSSR count). The highest BCUT2D eigenvalue weighted by Gasteiger charge is 2.24. The van der Waals surface area contributed by atoms with Crippen LogP contribution in [0, 0.1) is 5.82 Å². The molecule has 2 atom stereocenters. The maximum absolute atomic E-state index is 12.6. The molecule has 1 aliphatic carbocycles. The average molecular weight is 210 g/mol. The molecule has 1 aliphatic rings. The van der Waals surface area contributed by atoms with Crippen molar-refractivity contribution in [1.29, 1.82) is 0 Å². The highest BCUT2D eigenvalue weighted by Crippen LogP contribution is 2.23. The summed E-state index contributed by atoms with van der Waals surface area (Å²) in [5.74, 6) is 0.355. The Morgan fingerprint density at radius 2 is 1.80 bits per heavy atom.